The molecule has 23 heavy (non-hydrogen) atoms. The van der Waals surface area contributed by atoms with Crippen LogP contribution < -0.4 is 9.47 Å². The topological polar surface area (TPSA) is 38.8 Å². The van der Waals surface area contributed by atoms with Gasteiger partial charge in [0.2, 0.25) is 0 Å². The zero-order valence-electron chi connectivity index (χ0n) is 15.0. The molecule has 2 rings (SSSR count). The molecule has 1 amide bonds. The maximum Gasteiger partial charge on any atom is 0.253 e. The quantitative estimate of drug-likeness (QED) is 0.727. The van der Waals surface area contributed by atoms with E-state index in [1.165, 1.54) is 12.8 Å². The molecule has 0 N–H and O–H groups in total. The minimum atomic E-state index is 0.0384. The Hall–Kier alpha value is -1.71. The van der Waals surface area contributed by atoms with Gasteiger partial charge in [-0.2, -0.15) is 0 Å². The predicted octanol–water partition coefficient (Wildman–Crippen LogP) is 3.99. The Kier molecular flexibility index (Phi) is 5.91. The molecule has 128 valence electrons. The van der Waals surface area contributed by atoms with E-state index < -0.39 is 0 Å². The molecule has 1 atom stereocenters. The second kappa shape index (κ2) is 7.71. The molecule has 0 bridgehead atoms. The Morgan fingerprint density at radius 1 is 1.26 bits per heavy atom. The molecule has 1 aliphatic carbocycles. The van der Waals surface area contributed by atoms with Crippen molar-refractivity contribution in [2.75, 3.05) is 20.8 Å². The van der Waals surface area contributed by atoms with Gasteiger partial charge in [0.05, 0.1) is 13.7 Å². The second-order valence-electron chi connectivity index (χ2n) is 6.89. The van der Waals surface area contributed by atoms with E-state index in [1.54, 1.807) is 13.2 Å². The van der Waals surface area contributed by atoms with E-state index in [-0.39, 0.29) is 11.9 Å². The van der Waals surface area contributed by atoms with E-state index in [9.17, 15) is 4.79 Å². The number of methoxy groups -OCH3 is 1. The molecular formula is C19H29NO3. The van der Waals surface area contributed by atoms with Crippen molar-refractivity contribution in [3.63, 3.8) is 0 Å². The molecular weight excluding hydrogens is 290 g/mol. The van der Waals surface area contributed by atoms with Gasteiger partial charge in [-0.25, -0.2) is 0 Å². The molecule has 0 spiro atoms. The number of amides is 1. The molecule has 0 aliphatic heterocycles. The fraction of sp³-hybridized carbons (Fsp3) is 0.632. The summed E-state index contributed by atoms with van der Waals surface area (Å²) in [6.45, 7) is 7.11. The molecule has 0 radical (unpaired) electrons. The average molecular weight is 319 g/mol. The number of ether oxygens (including phenoxy) is 2. The molecule has 1 aromatic carbocycles. The number of nitrogens with zero attached hydrogens (tertiary/aromatic N) is 1. The van der Waals surface area contributed by atoms with Gasteiger partial charge in [-0.15, -0.1) is 0 Å². The van der Waals surface area contributed by atoms with Crippen molar-refractivity contribution >= 4 is 5.91 Å². The van der Waals surface area contributed by atoms with Gasteiger partial charge >= 0.3 is 0 Å². The van der Waals surface area contributed by atoms with Crippen molar-refractivity contribution in [2.24, 2.45) is 11.8 Å². The van der Waals surface area contributed by atoms with Crippen LogP contribution in [0.2, 0.25) is 0 Å². The highest BCUT2D eigenvalue weighted by atomic mass is 16.5. The average Bonchev–Trinajstić information content (AvgIpc) is 3.37. The maximum atomic E-state index is 12.6. The molecule has 4 nitrogen and oxygen atoms in total. The minimum absolute atomic E-state index is 0.0384. The molecule has 0 aromatic heterocycles. The Morgan fingerprint density at radius 3 is 2.52 bits per heavy atom. The first-order chi connectivity index (χ1) is 10.9. The highest BCUT2D eigenvalue weighted by molar-refractivity contribution is 5.95. The fourth-order valence-electron chi connectivity index (χ4n) is 2.61. The smallest absolute Gasteiger partial charge is 0.253 e. The van der Waals surface area contributed by atoms with Crippen LogP contribution in [0.25, 0.3) is 0 Å². The summed E-state index contributed by atoms with van der Waals surface area (Å²) in [6, 6.07) is 5.73. The number of rotatable bonds is 8. The molecule has 1 aliphatic rings. The fourth-order valence-corrected chi connectivity index (χ4v) is 2.61. The van der Waals surface area contributed by atoms with Crippen LogP contribution in [-0.4, -0.2) is 37.6 Å². The highest BCUT2D eigenvalue weighted by Gasteiger charge is 2.32. The number of carbonyl (C=O) groups excluding carboxylic acids is 1. The second-order valence-corrected chi connectivity index (χ2v) is 6.89. The van der Waals surface area contributed by atoms with Crippen LogP contribution in [0.5, 0.6) is 11.5 Å². The first-order valence-electron chi connectivity index (χ1n) is 8.52. The van der Waals surface area contributed by atoms with Gasteiger partial charge in [0.25, 0.3) is 5.91 Å². The van der Waals surface area contributed by atoms with E-state index in [2.05, 4.69) is 20.8 Å². The van der Waals surface area contributed by atoms with E-state index in [0.717, 1.165) is 6.42 Å². The third-order valence-electron chi connectivity index (χ3n) is 4.60. The Balaban J connectivity index is 2.06. The zero-order chi connectivity index (χ0) is 17.0. The lowest BCUT2D eigenvalue weighted by atomic mass is 10.1. The van der Waals surface area contributed by atoms with Crippen LogP contribution in [-0.2, 0) is 0 Å². The van der Waals surface area contributed by atoms with Crippen molar-refractivity contribution in [1.82, 2.24) is 4.90 Å². The van der Waals surface area contributed by atoms with E-state index in [4.69, 9.17) is 9.47 Å². The van der Waals surface area contributed by atoms with Crippen molar-refractivity contribution in [3.05, 3.63) is 23.8 Å². The molecule has 4 heteroatoms. The summed E-state index contributed by atoms with van der Waals surface area (Å²) in [5.41, 5.74) is 0.646. The molecule has 1 aromatic rings. The third-order valence-corrected chi connectivity index (χ3v) is 4.60. The Labute approximate surface area is 139 Å². The third kappa shape index (κ3) is 4.63. The van der Waals surface area contributed by atoms with Gasteiger partial charge in [0, 0.05) is 18.7 Å². The van der Waals surface area contributed by atoms with Crippen molar-refractivity contribution < 1.29 is 14.3 Å². The van der Waals surface area contributed by atoms with Crippen LogP contribution in [0.3, 0.4) is 0 Å². The molecule has 1 unspecified atom stereocenters. The van der Waals surface area contributed by atoms with Gasteiger partial charge in [-0.05, 0) is 56.2 Å². The summed E-state index contributed by atoms with van der Waals surface area (Å²) in [7, 11) is 3.49. The van der Waals surface area contributed by atoms with Gasteiger partial charge in [-0.1, -0.05) is 13.8 Å². The van der Waals surface area contributed by atoms with Crippen molar-refractivity contribution in [3.8, 4) is 11.5 Å². The first kappa shape index (κ1) is 17.6. The molecule has 0 heterocycles. The van der Waals surface area contributed by atoms with Gasteiger partial charge < -0.3 is 14.4 Å². The Bertz CT molecular complexity index is 537. The normalized spacial score (nSPS) is 15.4. The summed E-state index contributed by atoms with van der Waals surface area (Å²) in [6.07, 6.45) is 3.45. The zero-order valence-corrected chi connectivity index (χ0v) is 15.0. The largest absolute Gasteiger partial charge is 0.493 e. The Morgan fingerprint density at radius 2 is 1.96 bits per heavy atom. The lowest BCUT2D eigenvalue weighted by molar-refractivity contribution is 0.0727. The van der Waals surface area contributed by atoms with Crippen molar-refractivity contribution in [2.45, 2.75) is 46.1 Å². The number of benzene rings is 1. The summed E-state index contributed by atoms with van der Waals surface area (Å²) in [5.74, 6) is 2.61. The maximum absolute atomic E-state index is 12.6. The van der Waals surface area contributed by atoms with Crippen LogP contribution in [0.1, 0.15) is 50.4 Å². The lowest BCUT2D eigenvalue weighted by Gasteiger charge is -2.25. The van der Waals surface area contributed by atoms with E-state index >= 15 is 0 Å². The number of hydrogen-bond acceptors (Lipinski definition) is 3. The highest BCUT2D eigenvalue weighted by Crippen LogP contribution is 2.35. The standard InChI is InChI=1S/C19H29NO3/c1-13(2)10-11-23-17-9-8-16(12-18(17)22-5)19(21)20(4)14(3)15-6-7-15/h8-9,12-15H,6-7,10-11H2,1-5H3. The summed E-state index contributed by atoms with van der Waals surface area (Å²) < 4.78 is 11.2. The van der Waals surface area contributed by atoms with Crippen LogP contribution >= 0.6 is 0 Å². The van der Waals surface area contributed by atoms with Crippen LogP contribution in [0.15, 0.2) is 18.2 Å². The number of hydrogen-bond donors (Lipinski definition) is 0. The lowest BCUT2D eigenvalue weighted by Crippen LogP contribution is -2.36. The van der Waals surface area contributed by atoms with Gasteiger partial charge in [0.15, 0.2) is 11.5 Å². The van der Waals surface area contributed by atoms with Crippen molar-refractivity contribution in [1.29, 1.82) is 0 Å². The minimum Gasteiger partial charge on any atom is -0.493 e. The molecule has 0 saturated heterocycles. The van der Waals surface area contributed by atoms with Crippen LogP contribution in [0.4, 0.5) is 0 Å². The predicted molar refractivity (Wildman–Crippen MR) is 92.2 cm³/mol. The van der Waals surface area contributed by atoms with E-state index in [1.807, 2.05) is 24.1 Å². The molecule has 1 saturated carbocycles. The van der Waals surface area contributed by atoms with Gasteiger partial charge in [-0.3, -0.25) is 4.79 Å². The first-order valence-corrected chi connectivity index (χ1v) is 8.52. The van der Waals surface area contributed by atoms with Crippen LogP contribution in [0, 0.1) is 11.8 Å². The SMILES string of the molecule is COc1cc(C(=O)N(C)C(C)C2CC2)ccc1OCCC(C)C. The van der Waals surface area contributed by atoms with Gasteiger partial charge in [0.1, 0.15) is 0 Å². The summed E-state index contributed by atoms with van der Waals surface area (Å²) >= 11 is 0. The number of carbonyl (C=O) groups is 1. The summed E-state index contributed by atoms with van der Waals surface area (Å²) in [5, 5.41) is 0. The molecule has 1 fully saturated rings. The van der Waals surface area contributed by atoms with E-state index in [0.29, 0.717) is 35.5 Å². The monoisotopic (exact) mass is 319 g/mol. The summed E-state index contributed by atoms with van der Waals surface area (Å²) in [4.78, 5) is 14.5.